The van der Waals surface area contributed by atoms with Crippen LogP contribution < -0.4 is 5.32 Å². The molecule has 0 aliphatic heterocycles. The fraction of sp³-hybridized carbons (Fsp3) is 0.909. The first-order chi connectivity index (χ1) is 7.78. The molecule has 0 aromatic rings. The maximum absolute atomic E-state index is 11.6. The standard InChI is InChI=1S/C11H23NO4S/c1-10(2,3)17-5-4-9(16)12-11(6-13,7-14)8-15/h13-15H,4-8H2,1-3H3,(H,12,16). The third-order valence-corrected chi connectivity index (χ3v) is 3.45. The van der Waals surface area contributed by atoms with Crippen LogP contribution in [0.25, 0.3) is 0 Å². The molecule has 0 atom stereocenters. The summed E-state index contributed by atoms with van der Waals surface area (Å²) >= 11 is 1.66. The van der Waals surface area contributed by atoms with E-state index in [1.807, 2.05) is 0 Å². The summed E-state index contributed by atoms with van der Waals surface area (Å²) in [5.41, 5.74) is -1.32. The second-order valence-corrected chi connectivity index (χ2v) is 6.94. The van der Waals surface area contributed by atoms with Crippen molar-refractivity contribution in [3.05, 3.63) is 0 Å². The van der Waals surface area contributed by atoms with Crippen molar-refractivity contribution in [2.75, 3.05) is 25.6 Å². The van der Waals surface area contributed by atoms with E-state index in [9.17, 15) is 4.79 Å². The molecule has 0 saturated heterocycles. The van der Waals surface area contributed by atoms with E-state index in [-0.39, 0.29) is 10.7 Å². The van der Waals surface area contributed by atoms with Crippen molar-refractivity contribution in [3.8, 4) is 0 Å². The lowest BCUT2D eigenvalue weighted by molar-refractivity contribution is -0.124. The van der Waals surface area contributed by atoms with Crippen LogP contribution in [-0.4, -0.2) is 57.1 Å². The number of carbonyl (C=O) groups is 1. The van der Waals surface area contributed by atoms with Crippen molar-refractivity contribution in [1.29, 1.82) is 0 Å². The van der Waals surface area contributed by atoms with Gasteiger partial charge in [-0.2, -0.15) is 11.8 Å². The van der Waals surface area contributed by atoms with Crippen LogP contribution >= 0.6 is 11.8 Å². The van der Waals surface area contributed by atoms with Crippen LogP contribution in [0.4, 0.5) is 0 Å². The number of nitrogens with one attached hydrogen (secondary N) is 1. The van der Waals surface area contributed by atoms with Gasteiger partial charge in [-0.05, 0) is 0 Å². The summed E-state index contributed by atoms with van der Waals surface area (Å²) in [5.74, 6) is 0.382. The van der Waals surface area contributed by atoms with Crippen LogP contribution in [-0.2, 0) is 4.79 Å². The second-order valence-electron chi connectivity index (χ2n) is 5.01. The predicted molar refractivity (Wildman–Crippen MR) is 69.0 cm³/mol. The van der Waals surface area contributed by atoms with Crippen molar-refractivity contribution in [1.82, 2.24) is 5.32 Å². The first-order valence-electron chi connectivity index (χ1n) is 5.56. The summed E-state index contributed by atoms with van der Waals surface area (Å²) in [6, 6.07) is 0. The Balaban J connectivity index is 4.08. The monoisotopic (exact) mass is 265 g/mol. The summed E-state index contributed by atoms with van der Waals surface area (Å²) in [6.45, 7) is 4.73. The number of aliphatic hydroxyl groups is 3. The predicted octanol–water partition coefficient (Wildman–Crippen LogP) is -0.260. The average Bonchev–Trinajstić information content (AvgIpc) is 2.24. The first-order valence-corrected chi connectivity index (χ1v) is 6.55. The van der Waals surface area contributed by atoms with Crippen LogP contribution in [0.2, 0.25) is 0 Å². The van der Waals surface area contributed by atoms with E-state index < -0.39 is 25.4 Å². The molecule has 0 unspecified atom stereocenters. The van der Waals surface area contributed by atoms with Crippen LogP contribution in [0.15, 0.2) is 0 Å². The van der Waals surface area contributed by atoms with Crippen molar-refractivity contribution >= 4 is 17.7 Å². The number of carbonyl (C=O) groups excluding carboxylic acids is 1. The van der Waals surface area contributed by atoms with Gasteiger partial charge in [0.2, 0.25) is 5.91 Å². The van der Waals surface area contributed by atoms with E-state index in [0.717, 1.165) is 0 Å². The van der Waals surface area contributed by atoms with E-state index >= 15 is 0 Å². The van der Waals surface area contributed by atoms with Crippen LogP contribution in [0, 0.1) is 0 Å². The molecule has 0 bridgehead atoms. The average molecular weight is 265 g/mol. The van der Waals surface area contributed by atoms with E-state index in [1.165, 1.54) is 0 Å². The molecule has 0 spiro atoms. The molecule has 0 saturated carbocycles. The summed E-state index contributed by atoms with van der Waals surface area (Å²) in [7, 11) is 0. The molecule has 0 aromatic carbocycles. The minimum absolute atomic E-state index is 0.0995. The minimum Gasteiger partial charge on any atom is -0.394 e. The van der Waals surface area contributed by atoms with Crippen molar-refractivity contribution in [2.24, 2.45) is 0 Å². The largest absolute Gasteiger partial charge is 0.394 e. The zero-order valence-electron chi connectivity index (χ0n) is 10.7. The van der Waals surface area contributed by atoms with E-state index in [1.54, 1.807) is 11.8 Å². The molecule has 0 aromatic heterocycles. The molecule has 0 heterocycles. The Morgan fingerprint density at radius 1 is 1.12 bits per heavy atom. The highest BCUT2D eigenvalue weighted by molar-refractivity contribution is 8.00. The van der Waals surface area contributed by atoms with Gasteiger partial charge in [-0.15, -0.1) is 0 Å². The maximum Gasteiger partial charge on any atom is 0.221 e. The van der Waals surface area contributed by atoms with E-state index in [2.05, 4.69) is 26.1 Å². The Morgan fingerprint density at radius 3 is 1.94 bits per heavy atom. The number of aliphatic hydroxyl groups excluding tert-OH is 3. The molecule has 102 valence electrons. The zero-order chi connectivity index (χ0) is 13.5. The first kappa shape index (κ1) is 16.7. The Morgan fingerprint density at radius 2 is 1.59 bits per heavy atom. The lowest BCUT2D eigenvalue weighted by atomic mass is 10.0. The van der Waals surface area contributed by atoms with E-state index in [4.69, 9.17) is 15.3 Å². The topological polar surface area (TPSA) is 89.8 Å². The molecular weight excluding hydrogens is 242 g/mol. The molecule has 0 aliphatic rings. The molecule has 6 heteroatoms. The van der Waals surface area contributed by atoms with Crippen molar-refractivity contribution < 1.29 is 20.1 Å². The zero-order valence-corrected chi connectivity index (χ0v) is 11.5. The third-order valence-electron chi connectivity index (χ3n) is 2.18. The van der Waals surface area contributed by atoms with Gasteiger partial charge in [-0.3, -0.25) is 4.79 Å². The van der Waals surface area contributed by atoms with Crippen LogP contribution in [0.1, 0.15) is 27.2 Å². The summed E-state index contributed by atoms with van der Waals surface area (Å²) in [6.07, 6.45) is 0.295. The maximum atomic E-state index is 11.6. The van der Waals surface area contributed by atoms with Gasteiger partial charge in [0.05, 0.1) is 19.8 Å². The number of amides is 1. The normalized spacial score (nSPS) is 12.6. The number of rotatable bonds is 7. The highest BCUT2D eigenvalue weighted by atomic mass is 32.2. The molecule has 5 nitrogen and oxygen atoms in total. The summed E-state index contributed by atoms with van der Waals surface area (Å²) < 4.78 is 0.0995. The SMILES string of the molecule is CC(C)(C)SCCC(=O)NC(CO)(CO)CO. The molecule has 0 fully saturated rings. The van der Waals surface area contributed by atoms with Gasteiger partial charge in [0, 0.05) is 16.9 Å². The second kappa shape index (κ2) is 7.20. The van der Waals surface area contributed by atoms with Gasteiger partial charge < -0.3 is 20.6 Å². The van der Waals surface area contributed by atoms with Crippen molar-refractivity contribution in [2.45, 2.75) is 37.5 Å². The Labute approximate surface area is 107 Å². The molecule has 17 heavy (non-hydrogen) atoms. The van der Waals surface area contributed by atoms with Crippen LogP contribution in [0.3, 0.4) is 0 Å². The molecule has 0 aliphatic carbocycles. The molecule has 0 rings (SSSR count). The fourth-order valence-electron chi connectivity index (χ4n) is 1.08. The molecular formula is C11H23NO4S. The molecule has 4 N–H and O–H groups in total. The Hall–Kier alpha value is -0.300. The van der Waals surface area contributed by atoms with Gasteiger partial charge in [0.25, 0.3) is 0 Å². The van der Waals surface area contributed by atoms with Crippen molar-refractivity contribution in [3.63, 3.8) is 0 Å². The van der Waals surface area contributed by atoms with Gasteiger partial charge in [0.1, 0.15) is 5.54 Å². The summed E-state index contributed by atoms with van der Waals surface area (Å²) in [5, 5.41) is 29.6. The molecule has 1 amide bonds. The number of thioether (sulfide) groups is 1. The quantitative estimate of drug-likeness (QED) is 0.509. The Kier molecular flexibility index (Phi) is 7.08. The van der Waals surface area contributed by atoms with Gasteiger partial charge >= 0.3 is 0 Å². The smallest absolute Gasteiger partial charge is 0.221 e. The van der Waals surface area contributed by atoms with E-state index in [0.29, 0.717) is 12.2 Å². The van der Waals surface area contributed by atoms with Gasteiger partial charge in [-0.1, -0.05) is 20.8 Å². The highest BCUT2D eigenvalue weighted by Gasteiger charge is 2.29. The lowest BCUT2D eigenvalue weighted by Gasteiger charge is -2.28. The number of hydrogen-bond acceptors (Lipinski definition) is 5. The third kappa shape index (κ3) is 6.88. The van der Waals surface area contributed by atoms with Gasteiger partial charge in [-0.25, -0.2) is 0 Å². The van der Waals surface area contributed by atoms with Gasteiger partial charge in [0.15, 0.2) is 0 Å². The molecule has 0 radical (unpaired) electrons. The lowest BCUT2D eigenvalue weighted by Crippen LogP contribution is -2.57. The minimum atomic E-state index is -1.32. The fourth-order valence-corrected chi connectivity index (χ4v) is 1.98. The number of hydrogen-bond donors (Lipinski definition) is 4. The highest BCUT2D eigenvalue weighted by Crippen LogP contribution is 2.23. The summed E-state index contributed by atoms with van der Waals surface area (Å²) in [4.78, 5) is 11.6. The Bertz CT molecular complexity index is 228. The van der Waals surface area contributed by atoms with Crippen LogP contribution in [0.5, 0.6) is 0 Å².